The van der Waals surface area contributed by atoms with Gasteiger partial charge in [0.1, 0.15) is 5.82 Å². The summed E-state index contributed by atoms with van der Waals surface area (Å²) in [6.45, 7) is -0.0346. The standard InChI is InChI=1S/C8H7F6N3/c9-7(10,11)4-3-6-15-2-1-5(8(12,13)14)17(6)16-4/h3,5,15H,1-2H2. The molecule has 0 amide bonds. The highest BCUT2D eigenvalue weighted by Gasteiger charge is 2.45. The maximum atomic E-state index is 12.6. The largest absolute Gasteiger partial charge is 0.435 e. The van der Waals surface area contributed by atoms with Crippen LogP contribution in [0, 0.1) is 0 Å². The van der Waals surface area contributed by atoms with Crippen LogP contribution in [0.25, 0.3) is 0 Å². The molecule has 1 N–H and O–H groups in total. The van der Waals surface area contributed by atoms with Gasteiger partial charge in [0.05, 0.1) is 0 Å². The van der Waals surface area contributed by atoms with Crippen molar-refractivity contribution in [2.45, 2.75) is 24.8 Å². The fourth-order valence-corrected chi connectivity index (χ4v) is 1.66. The molecule has 1 unspecified atom stereocenters. The smallest absolute Gasteiger partial charge is 0.370 e. The first-order chi connectivity index (χ1) is 7.69. The van der Waals surface area contributed by atoms with Crippen LogP contribution >= 0.6 is 0 Å². The normalized spacial score (nSPS) is 20.9. The van der Waals surface area contributed by atoms with Gasteiger partial charge in [0.25, 0.3) is 0 Å². The SMILES string of the molecule is FC(F)(F)c1cc2n(n1)C(C(F)(F)F)CCN2. The second kappa shape index (κ2) is 3.54. The van der Waals surface area contributed by atoms with E-state index in [1.165, 1.54) is 0 Å². The fraction of sp³-hybridized carbons (Fsp3) is 0.625. The van der Waals surface area contributed by atoms with Crippen molar-refractivity contribution in [1.29, 1.82) is 0 Å². The van der Waals surface area contributed by atoms with E-state index in [1.807, 2.05) is 0 Å². The summed E-state index contributed by atoms with van der Waals surface area (Å²) in [5.41, 5.74) is -1.32. The molecule has 2 rings (SSSR count). The number of hydrogen-bond acceptors (Lipinski definition) is 2. The van der Waals surface area contributed by atoms with E-state index in [0.29, 0.717) is 10.7 Å². The summed E-state index contributed by atoms with van der Waals surface area (Å²) >= 11 is 0. The van der Waals surface area contributed by atoms with E-state index in [9.17, 15) is 26.3 Å². The Hall–Kier alpha value is -1.41. The maximum Gasteiger partial charge on any atom is 0.435 e. The highest BCUT2D eigenvalue weighted by molar-refractivity contribution is 5.40. The number of nitrogens with one attached hydrogen (secondary N) is 1. The molecule has 0 spiro atoms. The van der Waals surface area contributed by atoms with Crippen LogP contribution in [0.1, 0.15) is 18.2 Å². The van der Waals surface area contributed by atoms with Gasteiger partial charge in [-0.3, -0.25) is 0 Å². The number of halogens is 6. The summed E-state index contributed by atoms with van der Waals surface area (Å²) in [6, 6.07) is -1.42. The molecule has 0 saturated carbocycles. The van der Waals surface area contributed by atoms with Crippen LogP contribution in [-0.4, -0.2) is 22.5 Å². The molecule has 9 heteroatoms. The first-order valence-corrected chi connectivity index (χ1v) is 4.67. The van der Waals surface area contributed by atoms with Crippen LogP contribution in [0.5, 0.6) is 0 Å². The third-order valence-electron chi connectivity index (χ3n) is 2.42. The van der Waals surface area contributed by atoms with Crippen LogP contribution < -0.4 is 5.32 Å². The molecule has 1 aliphatic heterocycles. The van der Waals surface area contributed by atoms with Crippen molar-refractivity contribution < 1.29 is 26.3 Å². The topological polar surface area (TPSA) is 29.9 Å². The summed E-state index contributed by atoms with van der Waals surface area (Å²) in [5, 5.41) is 5.44. The molecule has 1 atom stereocenters. The highest BCUT2D eigenvalue weighted by Crippen LogP contribution is 2.39. The van der Waals surface area contributed by atoms with Crippen LogP contribution in [-0.2, 0) is 6.18 Å². The van der Waals surface area contributed by atoms with Crippen molar-refractivity contribution in [3.05, 3.63) is 11.8 Å². The average Bonchev–Trinajstić information content (AvgIpc) is 2.57. The van der Waals surface area contributed by atoms with E-state index in [4.69, 9.17) is 0 Å². The molecule has 0 radical (unpaired) electrons. The zero-order valence-electron chi connectivity index (χ0n) is 8.23. The van der Waals surface area contributed by atoms with Crippen molar-refractivity contribution in [2.24, 2.45) is 0 Å². The lowest BCUT2D eigenvalue weighted by molar-refractivity contribution is -0.173. The third-order valence-corrected chi connectivity index (χ3v) is 2.42. The minimum Gasteiger partial charge on any atom is -0.370 e. The molecular weight excluding hydrogens is 252 g/mol. The third kappa shape index (κ3) is 2.18. The van der Waals surface area contributed by atoms with Crippen molar-refractivity contribution in [2.75, 3.05) is 11.9 Å². The van der Waals surface area contributed by atoms with E-state index in [-0.39, 0.29) is 18.8 Å². The first kappa shape index (κ1) is 12.1. The predicted octanol–water partition coefficient (Wildman–Crippen LogP) is 2.82. The van der Waals surface area contributed by atoms with Gasteiger partial charge in [0.15, 0.2) is 11.7 Å². The Bertz CT molecular complexity index is 418. The summed E-state index contributed by atoms with van der Waals surface area (Å²) in [5.74, 6) is -0.258. The van der Waals surface area contributed by atoms with Gasteiger partial charge in [-0.15, -0.1) is 0 Å². The van der Waals surface area contributed by atoms with Gasteiger partial charge in [-0.1, -0.05) is 0 Å². The number of fused-ring (bicyclic) bond motifs is 1. The molecule has 0 aromatic carbocycles. The Balaban J connectivity index is 2.42. The predicted molar refractivity (Wildman–Crippen MR) is 45.4 cm³/mol. The van der Waals surface area contributed by atoms with Crippen molar-refractivity contribution in [3.63, 3.8) is 0 Å². The summed E-state index contributed by atoms with van der Waals surface area (Å²) < 4.78 is 75.0. The second-order valence-corrected chi connectivity index (χ2v) is 3.63. The Morgan fingerprint density at radius 2 is 1.88 bits per heavy atom. The molecule has 2 heterocycles. The molecule has 1 aromatic heterocycles. The van der Waals surface area contributed by atoms with Gasteiger partial charge in [-0.05, 0) is 6.42 Å². The van der Waals surface area contributed by atoms with Crippen molar-refractivity contribution in [3.8, 4) is 0 Å². The van der Waals surface area contributed by atoms with Gasteiger partial charge in [0.2, 0.25) is 0 Å². The van der Waals surface area contributed by atoms with Crippen molar-refractivity contribution in [1.82, 2.24) is 9.78 Å². The summed E-state index contributed by atoms with van der Waals surface area (Å²) in [6.07, 6.45) is -9.69. The van der Waals surface area contributed by atoms with Gasteiger partial charge in [0, 0.05) is 12.6 Å². The van der Waals surface area contributed by atoms with Crippen LogP contribution in [0.15, 0.2) is 6.07 Å². The zero-order chi connectivity index (χ0) is 12.8. The van der Waals surface area contributed by atoms with Crippen molar-refractivity contribution >= 4 is 5.82 Å². The van der Waals surface area contributed by atoms with Crippen LogP contribution in [0.2, 0.25) is 0 Å². The number of nitrogens with zero attached hydrogens (tertiary/aromatic N) is 2. The number of rotatable bonds is 0. The Kier molecular flexibility index (Phi) is 2.51. The average molecular weight is 259 g/mol. The lowest BCUT2D eigenvalue weighted by Crippen LogP contribution is -2.34. The molecule has 0 fully saturated rings. The molecule has 96 valence electrons. The molecule has 3 nitrogen and oxygen atoms in total. The van der Waals surface area contributed by atoms with E-state index >= 15 is 0 Å². The molecule has 1 aromatic rings. The number of hydrogen-bond donors (Lipinski definition) is 1. The summed E-state index contributed by atoms with van der Waals surface area (Å²) in [7, 11) is 0. The number of anilines is 1. The number of aromatic nitrogens is 2. The summed E-state index contributed by atoms with van der Waals surface area (Å²) in [4.78, 5) is 0. The van der Waals surface area contributed by atoms with Crippen LogP contribution in [0.3, 0.4) is 0 Å². The van der Waals surface area contributed by atoms with Gasteiger partial charge in [-0.2, -0.15) is 31.4 Å². The highest BCUT2D eigenvalue weighted by atomic mass is 19.4. The molecule has 0 saturated heterocycles. The lowest BCUT2D eigenvalue weighted by Gasteiger charge is -2.27. The zero-order valence-corrected chi connectivity index (χ0v) is 8.23. The molecule has 1 aliphatic rings. The Morgan fingerprint density at radius 1 is 1.24 bits per heavy atom. The van der Waals surface area contributed by atoms with Gasteiger partial charge < -0.3 is 5.32 Å². The van der Waals surface area contributed by atoms with E-state index < -0.39 is 24.1 Å². The Labute approximate surface area is 91.4 Å². The molecular formula is C8H7F6N3. The quantitative estimate of drug-likeness (QED) is 0.726. The van der Waals surface area contributed by atoms with E-state index in [2.05, 4.69) is 10.4 Å². The molecule has 0 aliphatic carbocycles. The molecule has 0 bridgehead atoms. The van der Waals surface area contributed by atoms with E-state index in [1.54, 1.807) is 0 Å². The Morgan fingerprint density at radius 3 is 2.41 bits per heavy atom. The monoisotopic (exact) mass is 259 g/mol. The lowest BCUT2D eigenvalue weighted by atomic mass is 10.1. The van der Waals surface area contributed by atoms with Crippen LogP contribution in [0.4, 0.5) is 32.2 Å². The van der Waals surface area contributed by atoms with Gasteiger partial charge >= 0.3 is 12.4 Å². The maximum absolute atomic E-state index is 12.6. The number of alkyl halides is 6. The first-order valence-electron chi connectivity index (χ1n) is 4.67. The van der Waals surface area contributed by atoms with Gasteiger partial charge in [-0.25, -0.2) is 4.68 Å². The second-order valence-electron chi connectivity index (χ2n) is 3.63. The minimum atomic E-state index is -4.75. The fourth-order valence-electron chi connectivity index (χ4n) is 1.66. The van der Waals surface area contributed by atoms with E-state index in [0.717, 1.165) is 0 Å². The molecule has 17 heavy (non-hydrogen) atoms. The minimum absolute atomic E-state index is 0.0346.